The van der Waals surface area contributed by atoms with Crippen molar-refractivity contribution in [3.05, 3.63) is 0 Å². The molecule has 0 bridgehead atoms. The predicted molar refractivity (Wildman–Crippen MR) is 191 cm³/mol. The first-order chi connectivity index (χ1) is 22.1. The summed E-state index contributed by atoms with van der Waals surface area (Å²) in [5.41, 5.74) is -0.762. The first-order valence-corrected chi connectivity index (χ1v) is 19.4. The molecule has 0 aliphatic rings. The van der Waals surface area contributed by atoms with Crippen LogP contribution in [0.4, 0.5) is 4.79 Å². The van der Waals surface area contributed by atoms with Gasteiger partial charge in [0.2, 0.25) is 0 Å². The lowest BCUT2D eigenvalue weighted by atomic mass is 10.0. The predicted octanol–water partition coefficient (Wildman–Crippen LogP) is 11.5. The van der Waals surface area contributed by atoms with Crippen LogP contribution in [0.5, 0.6) is 0 Å². The lowest BCUT2D eigenvalue weighted by Gasteiger charge is -2.28. The first kappa shape index (κ1) is 44.2. The Bertz CT molecular complexity index is 673. The molecule has 0 aromatic carbocycles. The minimum Gasteiger partial charge on any atom is -0.461 e. The van der Waals surface area contributed by atoms with Gasteiger partial charge in [-0.3, -0.25) is 14.5 Å². The van der Waals surface area contributed by atoms with Gasteiger partial charge in [0, 0.05) is 0 Å². The molecule has 0 radical (unpaired) electrons. The number of nitrogens with zero attached hydrogens (tertiary/aromatic N) is 1. The monoisotopic (exact) mass is 654 g/mol. The third kappa shape index (κ3) is 27.3. The summed E-state index contributed by atoms with van der Waals surface area (Å²) in [4.78, 5) is 40.8. The maximum Gasteiger partial charge on any atom is 0.411 e. The van der Waals surface area contributed by atoms with Crippen LogP contribution in [-0.4, -0.2) is 53.8 Å². The molecule has 0 N–H and O–H groups in total. The van der Waals surface area contributed by atoms with E-state index in [1.54, 1.807) is 20.8 Å². The van der Waals surface area contributed by atoms with Crippen molar-refractivity contribution in [1.29, 1.82) is 0 Å². The van der Waals surface area contributed by atoms with Crippen LogP contribution in [-0.2, 0) is 23.8 Å². The maximum absolute atomic E-state index is 13.2. The third-order valence-electron chi connectivity index (χ3n) is 8.41. The van der Waals surface area contributed by atoms with Gasteiger partial charge in [0.15, 0.2) is 0 Å². The van der Waals surface area contributed by atoms with E-state index >= 15 is 0 Å². The van der Waals surface area contributed by atoms with Crippen molar-refractivity contribution < 1.29 is 28.6 Å². The molecule has 46 heavy (non-hydrogen) atoms. The zero-order valence-corrected chi connectivity index (χ0v) is 31.4. The number of carbonyl (C=O) groups is 3. The first-order valence-electron chi connectivity index (χ1n) is 19.4. The van der Waals surface area contributed by atoms with Gasteiger partial charge >= 0.3 is 18.0 Å². The Kier molecular flexibility index (Phi) is 28.2. The molecule has 0 heterocycles. The summed E-state index contributed by atoms with van der Waals surface area (Å²) < 4.78 is 17.5. The standard InChI is InChI=1S/C39H75NO6/c1-8-12-16-20-24-28-34(29-25-21-17-13-9-2)44-36(41)32-40(38(43)46-39(5,6)7)33-37(42)45-35(30-26-22-18-14-10-3)31-27-23-19-15-11-4/h34-35H,8-33H2,1-7H3. The summed E-state index contributed by atoms with van der Waals surface area (Å²) in [6.45, 7) is 13.5. The summed E-state index contributed by atoms with van der Waals surface area (Å²) in [7, 11) is 0. The van der Waals surface area contributed by atoms with Crippen LogP contribution in [0.25, 0.3) is 0 Å². The molecule has 0 fully saturated rings. The van der Waals surface area contributed by atoms with E-state index in [1.165, 1.54) is 77.0 Å². The van der Waals surface area contributed by atoms with Gasteiger partial charge in [-0.15, -0.1) is 0 Å². The van der Waals surface area contributed by atoms with Gasteiger partial charge in [-0.1, -0.05) is 130 Å². The van der Waals surface area contributed by atoms with Crippen molar-refractivity contribution in [3.63, 3.8) is 0 Å². The van der Waals surface area contributed by atoms with E-state index in [-0.39, 0.29) is 25.3 Å². The Morgan fingerprint density at radius 3 is 1.02 bits per heavy atom. The Morgan fingerprint density at radius 2 is 0.761 bits per heavy atom. The van der Waals surface area contributed by atoms with Gasteiger partial charge < -0.3 is 14.2 Å². The van der Waals surface area contributed by atoms with Gasteiger partial charge in [0.1, 0.15) is 30.9 Å². The molecule has 0 aliphatic heterocycles. The normalized spacial score (nSPS) is 11.7. The topological polar surface area (TPSA) is 82.1 Å². The Balaban J connectivity index is 5.41. The molecular weight excluding hydrogens is 578 g/mol. The molecule has 0 aromatic heterocycles. The lowest BCUT2D eigenvalue weighted by Crippen LogP contribution is -2.44. The average molecular weight is 654 g/mol. The molecule has 7 heteroatoms. The summed E-state index contributed by atoms with van der Waals surface area (Å²) in [5.74, 6) is -0.983. The molecule has 0 aliphatic carbocycles. The summed E-state index contributed by atoms with van der Waals surface area (Å²) >= 11 is 0. The van der Waals surface area contributed by atoms with Crippen LogP contribution >= 0.6 is 0 Å². The van der Waals surface area contributed by atoms with E-state index in [1.807, 2.05) is 0 Å². The SMILES string of the molecule is CCCCCCCC(CCCCCCC)OC(=O)CN(CC(=O)OC(CCCCCCC)CCCCCCC)C(=O)OC(C)(C)C. The van der Waals surface area contributed by atoms with Crippen LogP contribution in [0.1, 0.15) is 203 Å². The summed E-state index contributed by atoms with van der Waals surface area (Å²) in [5, 5.41) is 0. The zero-order chi connectivity index (χ0) is 34.5. The molecule has 0 unspecified atom stereocenters. The summed E-state index contributed by atoms with van der Waals surface area (Å²) in [6, 6.07) is 0. The van der Waals surface area contributed by atoms with Crippen molar-refractivity contribution in [2.24, 2.45) is 0 Å². The van der Waals surface area contributed by atoms with E-state index in [2.05, 4.69) is 27.7 Å². The minimum atomic E-state index is -0.762. The van der Waals surface area contributed by atoms with E-state index < -0.39 is 23.6 Å². The number of carbonyl (C=O) groups excluding carboxylic acids is 3. The van der Waals surface area contributed by atoms with Crippen LogP contribution < -0.4 is 0 Å². The van der Waals surface area contributed by atoms with Crippen LogP contribution in [0, 0.1) is 0 Å². The second-order valence-electron chi connectivity index (χ2n) is 14.4. The van der Waals surface area contributed by atoms with E-state index in [0.29, 0.717) is 0 Å². The molecule has 0 rings (SSSR count). The van der Waals surface area contributed by atoms with Gasteiger partial charge in [0.25, 0.3) is 0 Å². The fourth-order valence-electron chi connectivity index (χ4n) is 5.70. The van der Waals surface area contributed by atoms with Crippen molar-refractivity contribution in [2.45, 2.75) is 220 Å². The largest absolute Gasteiger partial charge is 0.461 e. The second-order valence-corrected chi connectivity index (χ2v) is 14.4. The molecule has 7 nitrogen and oxygen atoms in total. The minimum absolute atomic E-state index is 0.173. The number of hydrogen-bond acceptors (Lipinski definition) is 6. The van der Waals surface area contributed by atoms with E-state index in [0.717, 1.165) is 81.9 Å². The van der Waals surface area contributed by atoms with Crippen LogP contribution in [0.15, 0.2) is 0 Å². The van der Waals surface area contributed by atoms with Crippen LogP contribution in [0.3, 0.4) is 0 Å². The van der Waals surface area contributed by atoms with Gasteiger partial charge in [-0.2, -0.15) is 0 Å². The lowest BCUT2D eigenvalue weighted by molar-refractivity contribution is -0.154. The van der Waals surface area contributed by atoms with Gasteiger partial charge in [-0.25, -0.2) is 4.79 Å². The summed E-state index contributed by atoms with van der Waals surface area (Å²) in [6.07, 6.45) is 25.3. The molecule has 272 valence electrons. The highest BCUT2D eigenvalue weighted by atomic mass is 16.6. The van der Waals surface area contributed by atoms with Crippen molar-refractivity contribution in [1.82, 2.24) is 4.90 Å². The second kappa shape index (κ2) is 29.4. The number of esters is 2. The molecule has 0 spiro atoms. The highest BCUT2D eigenvalue weighted by Crippen LogP contribution is 2.19. The Hall–Kier alpha value is -1.79. The van der Waals surface area contributed by atoms with E-state index in [9.17, 15) is 14.4 Å². The van der Waals surface area contributed by atoms with Crippen molar-refractivity contribution >= 4 is 18.0 Å². The fourth-order valence-corrected chi connectivity index (χ4v) is 5.70. The highest BCUT2D eigenvalue weighted by Gasteiger charge is 2.29. The average Bonchev–Trinajstić information content (AvgIpc) is 2.99. The fraction of sp³-hybridized carbons (Fsp3) is 0.923. The maximum atomic E-state index is 13.2. The zero-order valence-electron chi connectivity index (χ0n) is 31.4. The number of hydrogen-bond donors (Lipinski definition) is 0. The number of amides is 1. The molecule has 0 saturated carbocycles. The highest BCUT2D eigenvalue weighted by molar-refractivity contribution is 5.83. The molecule has 0 saturated heterocycles. The van der Waals surface area contributed by atoms with Gasteiger partial charge in [0.05, 0.1) is 0 Å². The Labute approximate surface area is 284 Å². The number of ether oxygens (including phenoxy) is 3. The Morgan fingerprint density at radius 1 is 0.478 bits per heavy atom. The smallest absolute Gasteiger partial charge is 0.411 e. The number of rotatable bonds is 30. The number of unbranched alkanes of at least 4 members (excludes halogenated alkanes) is 16. The van der Waals surface area contributed by atoms with Gasteiger partial charge in [-0.05, 0) is 72.1 Å². The molecule has 0 aromatic rings. The van der Waals surface area contributed by atoms with Crippen LogP contribution in [0.2, 0.25) is 0 Å². The quantitative estimate of drug-likeness (QED) is 0.0436. The molecule has 0 atom stereocenters. The van der Waals surface area contributed by atoms with Crippen molar-refractivity contribution in [2.75, 3.05) is 13.1 Å². The van der Waals surface area contributed by atoms with Crippen molar-refractivity contribution in [3.8, 4) is 0 Å². The third-order valence-corrected chi connectivity index (χ3v) is 8.41. The van der Waals surface area contributed by atoms with E-state index in [4.69, 9.17) is 14.2 Å². The molecule has 1 amide bonds. The molecular formula is C39H75NO6.